The Kier molecular flexibility index (Phi) is 3.51. The summed E-state index contributed by atoms with van der Waals surface area (Å²) in [6, 6.07) is 8.88. The first-order chi connectivity index (χ1) is 11.7. The van der Waals surface area contributed by atoms with Crippen molar-refractivity contribution in [3.05, 3.63) is 58.2 Å². The number of hydrogen-bond acceptors (Lipinski definition) is 5. The van der Waals surface area contributed by atoms with Gasteiger partial charge in [-0.25, -0.2) is 4.98 Å². The number of aliphatic hydroxyl groups excluding tert-OH is 1. The van der Waals surface area contributed by atoms with Gasteiger partial charge >= 0.3 is 0 Å². The highest BCUT2D eigenvalue weighted by molar-refractivity contribution is 6.30. The molecule has 0 aliphatic rings. The van der Waals surface area contributed by atoms with Gasteiger partial charge in [0.05, 0.1) is 23.2 Å². The predicted octanol–water partition coefficient (Wildman–Crippen LogP) is 1.75. The summed E-state index contributed by atoms with van der Waals surface area (Å²) >= 11 is 5.97. The first kappa shape index (κ1) is 14.8. The smallest absolute Gasteiger partial charge is 0.262 e. The second-order valence-electron chi connectivity index (χ2n) is 5.24. The van der Waals surface area contributed by atoms with E-state index in [0.29, 0.717) is 27.4 Å². The van der Waals surface area contributed by atoms with Crippen LogP contribution in [0.3, 0.4) is 0 Å². The second kappa shape index (κ2) is 5.70. The van der Waals surface area contributed by atoms with E-state index in [4.69, 9.17) is 16.7 Å². The third kappa shape index (κ3) is 2.26. The van der Waals surface area contributed by atoms with Gasteiger partial charge in [0.25, 0.3) is 11.3 Å². The highest BCUT2D eigenvalue weighted by Gasteiger charge is 2.16. The molecular formula is C16H12ClN5O2. The lowest BCUT2D eigenvalue weighted by atomic mass is 10.1. The van der Waals surface area contributed by atoms with E-state index >= 15 is 0 Å². The summed E-state index contributed by atoms with van der Waals surface area (Å²) in [5.41, 5.74) is 1.67. The van der Waals surface area contributed by atoms with Crippen LogP contribution in [0.15, 0.2) is 47.7 Å². The number of pyridine rings is 1. The Morgan fingerprint density at radius 3 is 2.71 bits per heavy atom. The molecule has 3 heterocycles. The van der Waals surface area contributed by atoms with Crippen LogP contribution in [-0.4, -0.2) is 35.9 Å². The Balaban J connectivity index is 2.16. The van der Waals surface area contributed by atoms with Gasteiger partial charge in [0.15, 0.2) is 0 Å². The number of hydrogen-bond donors (Lipinski definition) is 1. The van der Waals surface area contributed by atoms with Crippen LogP contribution in [0.4, 0.5) is 0 Å². The topological polar surface area (TPSA) is 85.3 Å². The zero-order valence-corrected chi connectivity index (χ0v) is 13.2. The summed E-state index contributed by atoms with van der Waals surface area (Å²) in [6.07, 6.45) is 3.01. The zero-order chi connectivity index (χ0) is 16.7. The highest BCUT2D eigenvalue weighted by Crippen LogP contribution is 2.26. The van der Waals surface area contributed by atoms with E-state index in [1.807, 2.05) is 12.1 Å². The summed E-state index contributed by atoms with van der Waals surface area (Å²) in [6.45, 7) is 0.0882. The quantitative estimate of drug-likeness (QED) is 0.613. The van der Waals surface area contributed by atoms with Gasteiger partial charge in [0.1, 0.15) is 6.33 Å². The van der Waals surface area contributed by atoms with E-state index in [-0.39, 0.29) is 18.7 Å². The third-order valence-corrected chi connectivity index (χ3v) is 4.05. The van der Waals surface area contributed by atoms with E-state index in [2.05, 4.69) is 15.1 Å². The fourth-order valence-electron chi connectivity index (χ4n) is 2.72. The summed E-state index contributed by atoms with van der Waals surface area (Å²) in [5.74, 6) is 0.409. The average Bonchev–Trinajstić information content (AvgIpc) is 3.05. The van der Waals surface area contributed by atoms with E-state index < -0.39 is 0 Å². The fourth-order valence-corrected chi connectivity index (χ4v) is 2.85. The van der Waals surface area contributed by atoms with Crippen molar-refractivity contribution >= 4 is 28.3 Å². The number of rotatable bonds is 3. The minimum Gasteiger partial charge on any atom is -0.395 e. The number of aromatic nitrogens is 5. The molecule has 4 aromatic rings. The molecule has 0 amide bonds. The van der Waals surface area contributed by atoms with E-state index in [0.717, 1.165) is 5.56 Å². The molecule has 0 atom stereocenters. The monoisotopic (exact) mass is 341 g/mol. The first-order valence-electron chi connectivity index (χ1n) is 7.29. The molecule has 1 aromatic carbocycles. The van der Waals surface area contributed by atoms with Crippen LogP contribution in [0.2, 0.25) is 5.02 Å². The maximum Gasteiger partial charge on any atom is 0.262 e. The van der Waals surface area contributed by atoms with Crippen molar-refractivity contribution in [3.8, 4) is 11.3 Å². The Labute approximate surface area is 140 Å². The maximum absolute atomic E-state index is 12.9. The van der Waals surface area contributed by atoms with Crippen molar-refractivity contribution in [2.45, 2.75) is 6.54 Å². The molecule has 24 heavy (non-hydrogen) atoms. The minimum atomic E-state index is -0.239. The first-order valence-corrected chi connectivity index (χ1v) is 7.66. The molecule has 3 aromatic heterocycles. The van der Waals surface area contributed by atoms with Crippen molar-refractivity contribution in [2.75, 3.05) is 6.61 Å². The van der Waals surface area contributed by atoms with Crippen LogP contribution in [0.25, 0.3) is 27.9 Å². The molecule has 120 valence electrons. The van der Waals surface area contributed by atoms with Gasteiger partial charge in [-0.1, -0.05) is 23.7 Å². The summed E-state index contributed by atoms with van der Waals surface area (Å²) in [7, 11) is 0. The van der Waals surface area contributed by atoms with E-state index in [1.54, 1.807) is 24.4 Å². The summed E-state index contributed by atoms with van der Waals surface area (Å²) in [4.78, 5) is 21.4. The molecule has 0 saturated heterocycles. The normalized spacial score (nSPS) is 11.4. The summed E-state index contributed by atoms with van der Waals surface area (Å²) in [5, 5.41) is 14.4. The van der Waals surface area contributed by atoms with Crippen molar-refractivity contribution in [2.24, 2.45) is 0 Å². The lowest BCUT2D eigenvalue weighted by molar-refractivity contribution is 0.274. The van der Waals surface area contributed by atoms with Crippen molar-refractivity contribution in [1.29, 1.82) is 0 Å². The largest absolute Gasteiger partial charge is 0.395 e. The number of aliphatic hydroxyl groups is 1. The zero-order valence-electron chi connectivity index (χ0n) is 12.4. The van der Waals surface area contributed by atoms with Crippen LogP contribution in [0.5, 0.6) is 0 Å². The van der Waals surface area contributed by atoms with Crippen molar-refractivity contribution in [1.82, 2.24) is 24.1 Å². The summed E-state index contributed by atoms with van der Waals surface area (Å²) < 4.78 is 2.99. The lowest BCUT2D eigenvalue weighted by Crippen LogP contribution is -2.22. The molecule has 0 spiro atoms. The van der Waals surface area contributed by atoms with E-state index in [9.17, 15) is 4.79 Å². The van der Waals surface area contributed by atoms with Gasteiger partial charge in [-0.2, -0.15) is 14.6 Å². The van der Waals surface area contributed by atoms with Gasteiger partial charge in [-0.15, -0.1) is 0 Å². The van der Waals surface area contributed by atoms with Crippen molar-refractivity contribution in [3.63, 3.8) is 0 Å². The highest BCUT2D eigenvalue weighted by atomic mass is 35.5. The SMILES string of the molecule is O=c1c2c(-c3ccc(Cl)cc3)n3ncnc3nc2ccn1CCO. The number of benzene rings is 1. The molecule has 8 heteroatoms. The van der Waals surface area contributed by atoms with Crippen molar-refractivity contribution < 1.29 is 5.11 Å². The fraction of sp³-hybridized carbons (Fsp3) is 0.125. The van der Waals surface area contributed by atoms with Crippen LogP contribution in [-0.2, 0) is 6.54 Å². The molecule has 0 unspecified atom stereocenters. The second-order valence-corrected chi connectivity index (χ2v) is 5.67. The Hall–Kier alpha value is -2.77. The van der Waals surface area contributed by atoms with Crippen LogP contribution in [0.1, 0.15) is 0 Å². The van der Waals surface area contributed by atoms with Gasteiger partial charge in [-0.05, 0) is 18.2 Å². The molecule has 0 saturated carbocycles. The minimum absolute atomic E-state index is 0.124. The average molecular weight is 342 g/mol. The molecule has 0 fully saturated rings. The predicted molar refractivity (Wildman–Crippen MR) is 90.1 cm³/mol. The standard InChI is InChI=1S/C16H12ClN5O2/c17-11-3-1-10(2-4-11)14-13-12(20-16-18-9-19-22(14)16)5-6-21(7-8-23)15(13)24/h1-6,9,23H,7-8H2. The number of nitrogens with zero attached hydrogens (tertiary/aromatic N) is 5. The molecule has 4 rings (SSSR count). The van der Waals surface area contributed by atoms with Gasteiger partial charge in [-0.3, -0.25) is 4.79 Å². The molecule has 0 aliphatic carbocycles. The lowest BCUT2D eigenvalue weighted by Gasteiger charge is -2.11. The maximum atomic E-state index is 12.9. The molecule has 0 bridgehead atoms. The van der Waals surface area contributed by atoms with Crippen LogP contribution in [0, 0.1) is 0 Å². The third-order valence-electron chi connectivity index (χ3n) is 3.80. The molecule has 0 radical (unpaired) electrons. The van der Waals surface area contributed by atoms with E-state index in [1.165, 1.54) is 15.4 Å². The van der Waals surface area contributed by atoms with Gasteiger partial charge in [0, 0.05) is 23.3 Å². The number of halogens is 1. The Morgan fingerprint density at radius 2 is 1.96 bits per heavy atom. The molecule has 0 aliphatic heterocycles. The Morgan fingerprint density at radius 1 is 1.17 bits per heavy atom. The molecular weight excluding hydrogens is 330 g/mol. The van der Waals surface area contributed by atoms with Crippen LogP contribution < -0.4 is 5.56 Å². The molecule has 7 nitrogen and oxygen atoms in total. The van der Waals surface area contributed by atoms with Gasteiger partial charge < -0.3 is 9.67 Å². The molecule has 1 N–H and O–H groups in total. The number of fused-ring (bicyclic) bond motifs is 2. The van der Waals surface area contributed by atoms with Gasteiger partial charge in [0.2, 0.25) is 0 Å². The Bertz CT molecular complexity index is 1100. The van der Waals surface area contributed by atoms with Crippen LogP contribution >= 0.6 is 11.6 Å².